The highest BCUT2D eigenvalue weighted by Crippen LogP contribution is 2.31. The molecule has 2 atom stereocenters. The normalized spacial score (nSPS) is 16.3. The summed E-state index contributed by atoms with van der Waals surface area (Å²) < 4.78 is 11.6. The van der Waals surface area contributed by atoms with E-state index in [1.807, 2.05) is 30.3 Å². The summed E-state index contributed by atoms with van der Waals surface area (Å²) in [6.07, 6.45) is 11.6. The van der Waals surface area contributed by atoms with E-state index in [0.29, 0.717) is 12.5 Å². The minimum Gasteiger partial charge on any atom is -0.475 e. The minimum absolute atomic E-state index is 0.0306. The molecule has 0 amide bonds. The van der Waals surface area contributed by atoms with Crippen LogP contribution in [0, 0.1) is 11.8 Å². The van der Waals surface area contributed by atoms with E-state index in [1.54, 1.807) is 18.4 Å². The van der Waals surface area contributed by atoms with Gasteiger partial charge in [0.2, 0.25) is 5.90 Å². The molecule has 3 nitrogen and oxygen atoms in total. The number of hydrogen-bond acceptors (Lipinski definition) is 4. The van der Waals surface area contributed by atoms with E-state index in [2.05, 4.69) is 30.2 Å². The van der Waals surface area contributed by atoms with Crippen LogP contribution in [0.25, 0.3) is 0 Å². The van der Waals surface area contributed by atoms with Crippen LogP contribution in [0.4, 0.5) is 0 Å². The molecule has 2 aromatic rings. The number of ether oxygens (including phenoxy) is 2. The standard InChI is InChI=1S/C27H35NO2S/c1-3-4-5-6-7-8-9-10-11-13-16-22-19-25(31-21-22)26(29-2)24-20-30-27(28-24)23-17-14-12-15-18-23/h12,14-15,17-19,21,24,26H,3-11,20H2,1-2H3. The summed E-state index contributed by atoms with van der Waals surface area (Å²) in [5.74, 6) is 7.37. The van der Waals surface area contributed by atoms with Crippen molar-refractivity contribution in [2.75, 3.05) is 13.7 Å². The van der Waals surface area contributed by atoms with Gasteiger partial charge in [0.05, 0.1) is 0 Å². The molecular weight excluding hydrogens is 402 g/mol. The lowest BCUT2D eigenvalue weighted by molar-refractivity contribution is 0.0745. The first kappa shape index (κ1) is 23.6. The molecule has 2 heterocycles. The van der Waals surface area contributed by atoms with Crippen LogP contribution < -0.4 is 0 Å². The first-order valence-electron chi connectivity index (χ1n) is 11.7. The second-order valence-electron chi connectivity index (χ2n) is 8.10. The van der Waals surface area contributed by atoms with Crippen molar-refractivity contribution in [3.05, 3.63) is 57.8 Å². The van der Waals surface area contributed by atoms with Crippen molar-refractivity contribution in [2.45, 2.75) is 76.9 Å². The Kier molecular flexibility index (Phi) is 10.2. The Morgan fingerprint density at radius 1 is 1.10 bits per heavy atom. The Morgan fingerprint density at radius 2 is 1.84 bits per heavy atom. The van der Waals surface area contributed by atoms with Crippen LogP contribution in [0.1, 0.15) is 86.8 Å². The third-order valence-corrected chi connectivity index (χ3v) is 6.58. The maximum Gasteiger partial charge on any atom is 0.216 e. The first-order valence-corrected chi connectivity index (χ1v) is 12.6. The fourth-order valence-corrected chi connectivity index (χ4v) is 4.80. The fourth-order valence-electron chi connectivity index (χ4n) is 3.83. The smallest absolute Gasteiger partial charge is 0.216 e. The topological polar surface area (TPSA) is 30.8 Å². The van der Waals surface area contributed by atoms with Gasteiger partial charge in [0.25, 0.3) is 0 Å². The lowest BCUT2D eigenvalue weighted by Crippen LogP contribution is -2.19. The molecule has 0 spiro atoms. The number of aliphatic imine (C=N–C) groups is 1. The van der Waals surface area contributed by atoms with Crippen LogP contribution in [-0.2, 0) is 9.47 Å². The molecule has 0 saturated carbocycles. The van der Waals surface area contributed by atoms with Gasteiger partial charge in [-0.15, -0.1) is 11.3 Å². The maximum atomic E-state index is 5.85. The summed E-state index contributed by atoms with van der Waals surface area (Å²) in [4.78, 5) is 5.94. The number of benzene rings is 1. The van der Waals surface area contributed by atoms with Gasteiger partial charge in [-0.1, -0.05) is 81.9 Å². The zero-order valence-electron chi connectivity index (χ0n) is 18.9. The summed E-state index contributed by atoms with van der Waals surface area (Å²) in [6.45, 7) is 2.81. The molecule has 1 aromatic carbocycles. The van der Waals surface area contributed by atoms with Crippen molar-refractivity contribution < 1.29 is 9.47 Å². The molecule has 4 heteroatoms. The fraction of sp³-hybridized carbons (Fsp3) is 0.519. The van der Waals surface area contributed by atoms with Crippen LogP contribution in [-0.4, -0.2) is 25.7 Å². The number of unbranched alkanes of at least 4 members (excludes halogenated alkanes) is 8. The number of thiophene rings is 1. The Labute approximate surface area is 191 Å². The van der Waals surface area contributed by atoms with Gasteiger partial charge in [-0.05, 0) is 24.6 Å². The van der Waals surface area contributed by atoms with E-state index in [1.165, 1.54) is 51.4 Å². The predicted molar refractivity (Wildman–Crippen MR) is 131 cm³/mol. The van der Waals surface area contributed by atoms with Crippen LogP contribution in [0.15, 0.2) is 46.8 Å². The first-order chi connectivity index (χ1) is 15.3. The largest absolute Gasteiger partial charge is 0.475 e. The molecule has 166 valence electrons. The predicted octanol–water partition coefficient (Wildman–Crippen LogP) is 7.16. The average Bonchev–Trinajstić information content (AvgIpc) is 3.47. The summed E-state index contributed by atoms with van der Waals surface area (Å²) in [6, 6.07) is 12.2. The summed E-state index contributed by atoms with van der Waals surface area (Å²) in [5.41, 5.74) is 2.09. The molecule has 0 aliphatic carbocycles. The zero-order valence-corrected chi connectivity index (χ0v) is 19.8. The molecule has 1 aliphatic rings. The minimum atomic E-state index is -0.102. The molecular formula is C27H35NO2S. The maximum absolute atomic E-state index is 5.85. The molecule has 1 aromatic heterocycles. The van der Waals surface area contributed by atoms with E-state index in [0.717, 1.165) is 22.4 Å². The van der Waals surface area contributed by atoms with Gasteiger partial charge < -0.3 is 9.47 Å². The van der Waals surface area contributed by atoms with Gasteiger partial charge in [0.15, 0.2) is 0 Å². The van der Waals surface area contributed by atoms with Crippen molar-refractivity contribution in [1.82, 2.24) is 0 Å². The second-order valence-corrected chi connectivity index (χ2v) is 9.04. The molecule has 31 heavy (non-hydrogen) atoms. The highest BCUT2D eigenvalue weighted by Gasteiger charge is 2.30. The lowest BCUT2D eigenvalue weighted by atomic mass is 10.1. The lowest BCUT2D eigenvalue weighted by Gasteiger charge is -2.16. The second kappa shape index (κ2) is 13.3. The number of methoxy groups -OCH3 is 1. The summed E-state index contributed by atoms with van der Waals surface area (Å²) in [7, 11) is 1.74. The Bertz CT molecular complexity index is 862. The van der Waals surface area contributed by atoms with E-state index in [-0.39, 0.29) is 12.1 Å². The van der Waals surface area contributed by atoms with Gasteiger partial charge in [0.1, 0.15) is 18.8 Å². The molecule has 2 unspecified atom stereocenters. The van der Waals surface area contributed by atoms with E-state index in [9.17, 15) is 0 Å². The third kappa shape index (κ3) is 7.52. The zero-order chi connectivity index (χ0) is 21.7. The Morgan fingerprint density at radius 3 is 2.58 bits per heavy atom. The highest BCUT2D eigenvalue weighted by molar-refractivity contribution is 7.10. The molecule has 1 aliphatic heterocycles. The molecule has 0 radical (unpaired) electrons. The van der Waals surface area contributed by atoms with Gasteiger partial charge in [-0.2, -0.15) is 0 Å². The quantitative estimate of drug-likeness (QED) is 0.260. The Hall–Kier alpha value is -2.09. The van der Waals surface area contributed by atoms with E-state index < -0.39 is 0 Å². The van der Waals surface area contributed by atoms with Crippen LogP contribution in [0.5, 0.6) is 0 Å². The third-order valence-electron chi connectivity index (χ3n) is 5.59. The van der Waals surface area contributed by atoms with Crippen molar-refractivity contribution in [2.24, 2.45) is 4.99 Å². The summed E-state index contributed by atoms with van der Waals surface area (Å²) >= 11 is 1.70. The van der Waals surface area contributed by atoms with Gasteiger partial charge >= 0.3 is 0 Å². The molecule has 3 rings (SSSR count). The number of rotatable bonds is 12. The van der Waals surface area contributed by atoms with Gasteiger partial charge in [0, 0.05) is 34.9 Å². The van der Waals surface area contributed by atoms with Crippen molar-refractivity contribution >= 4 is 17.2 Å². The monoisotopic (exact) mass is 437 g/mol. The SMILES string of the molecule is CCCCCCCCCCC#Cc1csc(C(OC)C2COC(c3ccccc3)=N2)c1. The number of hydrogen-bond donors (Lipinski definition) is 0. The summed E-state index contributed by atoms with van der Waals surface area (Å²) in [5, 5.41) is 2.12. The van der Waals surface area contributed by atoms with Crippen LogP contribution in [0.2, 0.25) is 0 Å². The molecule has 0 N–H and O–H groups in total. The van der Waals surface area contributed by atoms with Crippen LogP contribution in [0.3, 0.4) is 0 Å². The Balaban J connectivity index is 1.45. The number of nitrogens with zero attached hydrogens (tertiary/aromatic N) is 1. The van der Waals surface area contributed by atoms with E-state index in [4.69, 9.17) is 14.5 Å². The molecule has 0 bridgehead atoms. The highest BCUT2D eigenvalue weighted by atomic mass is 32.1. The average molecular weight is 438 g/mol. The van der Waals surface area contributed by atoms with Crippen molar-refractivity contribution in [1.29, 1.82) is 0 Å². The van der Waals surface area contributed by atoms with Gasteiger partial charge in [-0.25, -0.2) is 4.99 Å². The van der Waals surface area contributed by atoms with E-state index >= 15 is 0 Å². The van der Waals surface area contributed by atoms with Crippen LogP contribution >= 0.6 is 11.3 Å². The van der Waals surface area contributed by atoms with Gasteiger partial charge in [-0.3, -0.25) is 0 Å². The van der Waals surface area contributed by atoms with Crippen molar-refractivity contribution in [3.63, 3.8) is 0 Å². The molecule has 0 saturated heterocycles. The molecule has 0 fully saturated rings. The van der Waals surface area contributed by atoms with Crippen molar-refractivity contribution in [3.8, 4) is 11.8 Å².